The van der Waals surface area contributed by atoms with Gasteiger partial charge in [0.2, 0.25) is 0 Å². The van der Waals surface area contributed by atoms with Gasteiger partial charge in [0.1, 0.15) is 11.6 Å². The van der Waals surface area contributed by atoms with Crippen LogP contribution in [0.4, 0.5) is 17.2 Å². The van der Waals surface area contributed by atoms with Gasteiger partial charge in [-0.05, 0) is 18.2 Å². The standard InChI is InChI=1S/C16H20N4O/c1-21-15-11-13(17)10-14(12-15)19-6-8-20(9-7-19)16-4-2-3-5-18-16/h2-5,10-12H,6-9,17H2,1H3. The molecule has 1 saturated heterocycles. The molecule has 3 rings (SSSR count). The SMILES string of the molecule is COc1cc(N)cc(N2CCN(c3ccccn3)CC2)c1. The molecule has 0 aliphatic carbocycles. The summed E-state index contributed by atoms with van der Waals surface area (Å²) < 4.78 is 5.29. The number of pyridine rings is 1. The van der Waals surface area contributed by atoms with E-state index in [9.17, 15) is 0 Å². The van der Waals surface area contributed by atoms with Gasteiger partial charge in [-0.15, -0.1) is 0 Å². The second-order valence-corrected chi connectivity index (χ2v) is 5.13. The van der Waals surface area contributed by atoms with Crippen molar-refractivity contribution in [2.24, 2.45) is 0 Å². The second kappa shape index (κ2) is 5.91. The number of benzene rings is 1. The molecular formula is C16H20N4O. The number of hydrogen-bond donors (Lipinski definition) is 1. The van der Waals surface area contributed by atoms with Crippen molar-refractivity contribution < 1.29 is 4.74 Å². The van der Waals surface area contributed by atoms with Crippen molar-refractivity contribution in [3.8, 4) is 5.75 Å². The van der Waals surface area contributed by atoms with Gasteiger partial charge in [0, 0.05) is 55.9 Å². The normalized spacial score (nSPS) is 15.1. The van der Waals surface area contributed by atoms with Crippen molar-refractivity contribution in [1.82, 2.24) is 4.98 Å². The molecule has 0 atom stereocenters. The van der Waals surface area contributed by atoms with Crippen LogP contribution in [0.25, 0.3) is 0 Å². The Labute approximate surface area is 125 Å². The molecule has 1 fully saturated rings. The average molecular weight is 284 g/mol. The lowest BCUT2D eigenvalue weighted by atomic mass is 10.2. The van der Waals surface area contributed by atoms with Gasteiger partial charge in [-0.1, -0.05) is 6.07 Å². The van der Waals surface area contributed by atoms with Crippen molar-refractivity contribution in [1.29, 1.82) is 0 Å². The monoisotopic (exact) mass is 284 g/mol. The van der Waals surface area contributed by atoms with Crippen LogP contribution in [0.2, 0.25) is 0 Å². The van der Waals surface area contributed by atoms with Gasteiger partial charge in [-0.25, -0.2) is 4.98 Å². The number of nitrogens with two attached hydrogens (primary N) is 1. The predicted octanol–water partition coefficient (Wildman–Crippen LogP) is 2.00. The van der Waals surface area contributed by atoms with E-state index in [1.165, 1.54) is 0 Å². The van der Waals surface area contributed by atoms with Crippen molar-refractivity contribution in [3.05, 3.63) is 42.6 Å². The van der Waals surface area contributed by atoms with E-state index in [4.69, 9.17) is 10.5 Å². The fourth-order valence-corrected chi connectivity index (χ4v) is 2.64. The van der Waals surface area contributed by atoms with Crippen molar-refractivity contribution >= 4 is 17.2 Å². The number of anilines is 3. The molecule has 1 aliphatic rings. The van der Waals surface area contributed by atoms with E-state index in [1.807, 2.05) is 36.5 Å². The highest BCUT2D eigenvalue weighted by Gasteiger charge is 2.18. The number of hydrogen-bond acceptors (Lipinski definition) is 5. The van der Waals surface area contributed by atoms with Crippen LogP contribution in [0.15, 0.2) is 42.6 Å². The van der Waals surface area contributed by atoms with E-state index < -0.39 is 0 Å². The first-order valence-corrected chi connectivity index (χ1v) is 7.12. The van der Waals surface area contributed by atoms with Gasteiger partial charge < -0.3 is 20.3 Å². The molecule has 0 amide bonds. The summed E-state index contributed by atoms with van der Waals surface area (Å²) in [5, 5.41) is 0. The van der Waals surface area contributed by atoms with E-state index in [0.717, 1.165) is 49.1 Å². The minimum Gasteiger partial charge on any atom is -0.497 e. The Balaban J connectivity index is 1.70. The number of piperazine rings is 1. The number of ether oxygens (including phenoxy) is 1. The predicted molar refractivity (Wildman–Crippen MR) is 86.1 cm³/mol. The zero-order valence-corrected chi connectivity index (χ0v) is 12.2. The molecule has 0 spiro atoms. The number of aromatic nitrogens is 1. The lowest BCUT2D eigenvalue weighted by Gasteiger charge is -2.36. The Bertz CT molecular complexity index is 594. The van der Waals surface area contributed by atoms with Crippen molar-refractivity contribution in [3.63, 3.8) is 0 Å². The Morgan fingerprint density at radius 2 is 1.81 bits per heavy atom. The molecule has 2 heterocycles. The van der Waals surface area contributed by atoms with Crippen molar-refractivity contribution in [2.75, 3.05) is 48.8 Å². The minimum atomic E-state index is 0.733. The Kier molecular flexibility index (Phi) is 3.81. The third-order valence-electron chi connectivity index (χ3n) is 3.77. The zero-order valence-electron chi connectivity index (χ0n) is 12.2. The number of nitrogen functional groups attached to an aromatic ring is 1. The molecule has 0 unspecified atom stereocenters. The summed E-state index contributed by atoms with van der Waals surface area (Å²) >= 11 is 0. The summed E-state index contributed by atoms with van der Waals surface area (Å²) in [5.41, 5.74) is 7.78. The Hall–Kier alpha value is -2.43. The lowest BCUT2D eigenvalue weighted by Crippen LogP contribution is -2.46. The third-order valence-corrected chi connectivity index (χ3v) is 3.77. The van der Waals surface area contributed by atoms with Crippen LogP contribution in [-0.4, -0.2) is 38.3 Å². The summed E-state index contributed by atoms with van der Waals surface area (Å²) in [6, 6.07) is 11.9. The quantitative estimate of drug-likeness (QED) is 0.874. The maximum Gasteiger partial charge on any atom is 0.128 e. The van der Waals surface area contributed by atoms with Crippen molar-refractivity contribution in [2.45, 2.75) is 0 Å². The fraction of sp³-hybridized carbons (Fsp3) is 0.312. The van der Waals surface area contributed by atoms with Crippen LogP contribution >= 0.6 is 0 Å². The van der Waals surface area contributed by atoms with Crippen LogP contribution in [0.3, 0.4) is 0 Å². The third kappa shape index (κ3) is 3.02. The summed E-state index contributed by atoms with van der Waals surface area (Å²) in [6.07, 6.45) is 1.84. The molecule has 5 heteroatoms. The van der Waals surface area contributed by atoms with Crippen LogP contribution < -0.4 is 20.3 Å². The Morgan fingerprint density at radius 3 is 2.48 bits per heavy atom. The average Bonchev–Trinajstić information content (AvgIpc) is 2.55. The van der Waals surface area contributed by atoms with Gasteiger partial charge in [0.15, 0.2) is 0 Å². The molecule has 1 aliphatic heterocycles. The Morgan fingerprint density at radius 1 is 1.05 bits per heavy atom. The maximum absolute atomic E-state index is 5.93. The van der Waals surface area contributed by atoms with E-state index in [-0.39, 0.29) is 0 Å². The molecule has 2 aromatic rings. The van der Waals surface area contributed by atoms with E-state index in [2.05, 4.69) is 20.9 Å². The highest BCUT2D eigenvalue weighted by atomic mass is 16.5. The molecule has 1 aromatic heterocycles. The second-order valence-electron chi connectivity index (χ2n) is 5.13. The zero-order chi connectivity index (χ0) is 14.7. The molecule has 0 saturated carbocycles. The van der Waals surface area contributed by atoms with Gasteiger partial charge in [0.25, 0.3) is 0 Å². The minimum absolute atomic E-state index is 0.733. The number of rotatable bonds is 3. The van der Waals surface area contributed by atoms with Crippen LogP contribution in [-0.2, 0) is 0 Å². The highest BCUT2D eigenvalue weighted by Crippen LogP contribution is 2.26. The summed E-state index contributed by atoms with van der Waals surface area (Å²) in [7, 11) is 1.66. The highest BCUT2D eigenvalue weighted by molar-refractivity contribution is 5.61. The van der Waals surface area contributed by atoms with Crippen LogP contribution in [0.5, 0.6) is 5.75 Å². The van der Waals surface area contributed by atoms with Gasteiger partial charge in [-0.3, -0.25) is 0 Å². The smallest absolute Gasteiger partial charge is 0.128 e. The maximum atomic E-state index is 5.93. The fourth-order valence-electron chi connectivity index (χ4n) is 2.64. The van der Waals surface area contributed by atoms with Gasteiger partial charge in [0.05, 0.1) is 7.11 Å². The number of methoxy groups -OCH3 is 1. The summed E-state index contributed by atoms with van der Waals surface area (Å²) in [5.74, 6) is 1.85. The van der Waals surface area contributed by atoms with Crippen LogP contribution in [0.1, 0.15) is 0 Å². The molecule has 2 N–H and O–H groups in total. The van der Waals surface area contributed by atoms with E-state index in [0.29, 0.717) is 0 Å². The van der Waals surface area contributed by atoms with Crippen LogP contribution in [0, 0.1) is 0 Å². The largest absolute Gasteiger partial charge is 0.497 e. The topological polar surface area (TPSA) is 54.6 Å². The first-order valence-electron chi connectivity index (χ1n) is 7.12. The molecule has 5 nitrogen and oxygen atoms in total. The molecule has 0 bridgehead atoms. The van der Waals surface area contributed by atoms with E-state index >= 15 is 0 Å². The first kappa shape index (κ1) is 13.5. The number of nitrogens with zero attached hydrogens (tertiary/aromatic N) is 3. The molecule has 21 heavy (non-hydrogen) atoms. The summed E-state index contributed by atoms with van der Waals surface area (Å²) in [6.45, 7) is 3.80. The molecule has 110 valence electrons. The summed E-state index contributed by atoms with van der Waals surface area (Å²) in [4.78, 5) is 9.05. The lowest BCUT2D eigenvalue weighted by molar-refractivity contribution is 0.415. The molecular weight excluding hydrogens is 264 g/mol. The van der Waals surface area contributed by atoms with Gasteiger partial charge >= 0.3 is 0 Å². The first-order chi connectivity index (χ1) is 10.3. The van der Waals surface area contributed by atoms with Gasteiger partial charge in [-0.2, -0.15) is 0 Å². The molecule has 0 radical (unpaired) electrons. The van der Waals surface area contributed by atoms with E-state index in [1.54, 1.807) is 7.11 Å². The molecule has 1 aromatic carbocycles.